The molecule has 0 amide bonds. The first-order valence-electron chi connectivity index (χ1n) is 11.3. The molecule has 2 aromatic heterocycles. The van der Waals surface area contributed by atoms with E-state index in [1.54, 1.807) is 7.11 Å². The lowest BCUT2D eigenvalue weighted by molar-refractivity contribution is 0.415. The minimum atomic E-state index is -0.162. The molecule has 0 bridgehead atoms. The van der Waals surface area contributed by atoms with Crippen LogP contribution in [0.3, 0.4) is 0 Å². The maximum Gasteiger partial charge on any atom is 0.174 e. The number of thiocarbonyl (C=S) groups is 1. The number of aromatic nitrogens is 2. The summed E-state index contributed by atoms with van der Waals surface area (Å²) in [6.45, 7) is 0. The summed E-state index contributed by atoms with van der Waals surface area (Å²) in [5, 5.41) is 4.65. The Morgan fingerprint density at radius 2 is 1.77 bits per heavy atom. The molecule has 0 radical (unpaired) electrons. The number of nitrogens with one attached hydrogen (secondary N) is 1. The number of rotatable bonds is 6. The van der Waals surface area contributed by atoms with E-state index in [1.165, 1.54) is 0 Å². The number of nitrogens with zero attached hydrogens (tertiary/aromatic N) is 4. The van der Waals surface area contributed by atoms with Crippen molar-refractivity contribution in [3.8, 4) is 11.4 Å². The van der Waals surface area contributed by atoms with E-state index in [2.05, 4.69) is 67.3 Å². The zero-order valence-electron chi connectivity index (χ0n) is 19.7. The van der Waals surface area contributed by atoms with Crippen molar-refractivity contribution in [2.45, 2.75) is 12.1 Å². The first kappa shape index (κ1) is 23.2. The summed E-state index contributed by atoms with van der Waals surface area (Å²) in [6, 6.07) is 24.0. The Labute approximate surface area is 215 Å². The maximum atomic E-state index is 6.51. The lowest BCUT2D eigenvalue weighted by atomic mass is 10.0. The number of pyridine rings is 1. The highest BCUT2D eigenvalue weighted by molar-refractivity contribution is 7.80. The highest BCUT2D eigenvalue weighted by Gasteiger charge is 2.42. The molecule has 8 heteroatoms. The van der Waals surface area contributed by atoms with E-state index in [0.717, 1.165) is 28.5 Å². The molecule has 2 atom stereocenters. The molecule has 5 rings (SSSR count). The Morgan fingerprint density at radius 1 is 1.00 bits per heavy atom. The van der Waals surface area contributed by atoms with E-state index in [9.17, 15) is 0 Å². The van der Waals surface area contributed by atoms with Crippen molar-refractivity contribution in [3.05, 3.63) is 102 Å². The van der Waals surface area contributed by atoms with Gasteiger partial charge in [0.25, 0.3) is 0 Å². The van der Waals surface area contributed by atoms with Crippen LogP contribution in [0.25, 0.3) is 5.69 Å². The van der Waals surface area contributed by atoms with Gasteiger partial charge >= 0.3 is 0 Å². The zero-order valence-corrected chi connectivity index (χ0v) is 21.3. The van der Waals surface area contributed by atoms with E-state index in [-0.39, 0.29) is 12.1 Å². The van der Waals surface area contributed by atoms with Crippen LogP contribution in [0.15, 0.2) is 85.2 Å². The van der Waals surface area contributed by atoms with Crippen LogP contribution in [0.5, 0.6) is 5.75 Å². The Kier molecular flexibility index (Phi) is 6.36. The molecular formula is C27H26ClN5OS. The monoisotopic (exact) mass is 503 g/mol. The molecule has 1 fully saturated rings. The zero-order chi connectivity index (χ0) is 24.5. The second kappa shape index (κ2) is 9.60. The van der Waals surface area contributed by atoms with Gasteiger partial charge in [0, 0.05) is 49.2 Å². The Hall–Kier alpha value is -3.55. The summed E-state index contributed by atoms with van der Waals surface area (Å²) in [5.41, 5.74) is 5.09. The van der Waals surface area contributed by atoms with Crippen molar-refractivity contribution in [2.24, 2.45) is 0 Å². The van der Waals surface area contributed by atoms with E-state index in [4.69, 9.17) is 28.6 Å². The number of benzene rings is 2. The fraction of sp³-hybridized carbons (Fsp3) is 0.185. The minimum absolute atomic E-state index is 0.153. The minimum Gasteiger partial charge on any atom is -0.495 e. The van der Waals surface area contributed by atoms with Gasteiger partial charge in [-0.05, 0) is 78.9 Å². The van der Waals surface area contributed by atoms with Crippen molar-refractivity contribution in [3.63, 3.8) is 0 Å². The first-order chi connectivity index (χ1) is 17.0. The standard InChI is InChI=1S/C27H26ClN5OS/c1-31(2)18-9-11-19(12-10-18)32-16-6-8-23(32)26-25(22-7-4-5-15-29-22)30-27(35)33(26)20-13-14-24(34-3)21(28)17-20/h4-17,25-26H,1-3H3,(H,30,35)/t25-,26-/m1/s1. The SMILES string of the molecule is COc1ccc(N2C(=S)N[C@H](c3ccccn3)[C@H]2c2cccn2-c2ccc(N(C)C)cc2)cc1Cl. The molecule has 1 N–H and O–H groups in total. The van der Waals surface area contributed by atoms with Gasteiger partial charge in [0.1, 0.15) is 11.8 Å². The molecule has 0 aliphatic carbocycles. The quantitative estimate of drug-likeness (QED) is 0.337. The summed E-state index contributed by atoms with van der Waals surface area (Å²) in [5.74, 6) is 0.621. The number of methoxy groups -OCH3 is 1. The van der Waals surface area contributed by atoms with Crippen LogP contribution in [0, 0.1) is 0 Å². The number of anilines is 2. The first-order valence-corrected chi connectivity index (χ1v) is 12.1. The van der Waals surface area contributed by atoms with Crippen molar-refractivity contribution < 1.29 is 4.74 Å². The lowest BCUT2D eigenvalue weighted by Crippen LogP contribution is -2.30. The summed E-state index contributed by atoms with van der Waals surface area (Å²) in [4.78, 5) is 8.85. The molecule has 3 heterocycles. The van der Waals surface area contributed by atoms with Crippen molar-refractivity contribution in [1.29, 1.82) is 0 Å². The third-order valence-electron chi connectivity index (χ3n) is 6.24. The second-order valence-corrected chi connectivity index (χ2v) is 9.32. The Bertz CT molecular complexity index is 1340. The van der Waals surface area contributed by atoms with Crippen molar-refractivity contribution in [2.75, 3.05) is 31.0 Å². The number of halogens is 1. The van der Waals surface area contributed by atoms with Crippen molar-refractivity contribution >= 4 is 40.3 Å². The average Bonchev–Trinajstić information content (AvgIpc) is 3.49. The fourth-order valence-corrected chi connectivity index (χ4v) is 5.12. The molecule has 1 saturated heterocycles. The van der Waals surface area contributed by atoms with Gasteiger partial charge in [-0.1, -0.05) is 17.7 Å². The van der Waals surface area contributed by atoms with E-state index < -0.39 is 0 Å². The van der Waals surface area contributed by atoms with Gasteiger partial charge in [0.15, 0.2) is 5.11 Å². The number of hydrogen-bond donors (Lipinski definition) is 1. The van der Waals surface area contributed by atoms with Crippen LogP contribution in [0.1, 0.15) is 23.5 Å². The van der Waals surface area contributed by atoms with E-state index >= 15 is 0 Å². The predicted octanol–water partition coefficient (Wildman–Crippen LogP) is 5.78. The highest BCUT2D eigenvalue weighted by Crippen LogP contribution is 2.43. The van der Waals surface area contributed by atoms with Crippen LogP contribution < -0.4 is 19.9 Å². The largest absolute Gasteiger partial charge is 0.495 e. The van der Waals surface area contributed by atoms with Crippen molar-refractivity contribution in [1.82, 2.24) is 14.9 Å². The molecule has 0 unspecified atom stereocenters. The van der Waals surface area contributed by atoms with Crippen LogP contribution in [0.4, 0.5) is 11.4 Å². The molecule has 6 nitrogen and oxygen atoms in total. The smallest absolute Gasteiger partial charge is 0.174 e. The number of hydrogen-bond acceptors (Lipinski definition) is 4. The molecule has 35 heavy (non-hydrogen) atoms. The molecule has 178 valence electrons. The third kappa shape index (κ3) is 4.33. The average molecular weight is 504 g/mol. The van der Waals surface area contributed by atoms with Gasteiger partial charge in [-0.25, -0.2) is 0 Å². The van der Waals surface area contributed by atoms with Gasteiger partial charge < -0.3 is 24.4 Å². The molecule has 1 aliphatic rings. The lowest BCUT2D eigenvalue weighted by Gasteiger charge is -2.29. The topological polar surface area (TPSA) is 45.6 Å². The van der Waals surface area contributed by atoms with Gasteiger partial charge in [-0.15, -0.1) is 0 Å². The van der Waals surface area contributed by atoms with Crippen LogP contribution >= 0.6 is 23.8 Å². The van der Waals surface area contributed by atoms with Crippen LogP contribution in [0.2, 0.25) is 5.02 Å². The predicted molar refractivity (Wildman–Crippen MR) is 146 cm³/mol. The normalized spacial score (nSPS) is 17.4. The molecule has 4 aromatic rings. The summed E-state index contributed by atoms with van der Waals surface area (Å²) >= 11 is 12.4. The summed E-state index contributed by atoms with van der Waals surface area (Å²) in [7, 11) is 5.68. The molecule has 2 aromatic carbocycles. The Morgan fingerprint density at radius 3 is 2.43 bits per heavy atom. The maximum absolute atomic E-state index is 6.51. The molecular weight excluding hydrogens is 478 g/mol. The fourth-order valence-electron chi connectivity index (χ4n) is 4.52. The Balaban J connectivity index is 1.63. The van der Waals surface area contributed by atoms with Gasteiger partial charge in [-0.3, -0.25) is 4.98 Å². The highest BCUT2D eigenvalue weighted by atomic mass is 35.5. The van der Waals surface area contributed by atoms with Crippen LogP contribution in [-0.4, -0.2) is 35.9 Å². The van der Waals surface area contributed by atoms with Crippen LogP contribution in [-0.2, 0) is 0 Å². The third-order valence-corrected chi connectivity index (χ3v) is 6.85. The summed E-state index contributed by atoms with van der Waals surface area (Å²) in [6.07, 6.45) is 3.89. The molecule has 1 aliphatic heterocycles. The van der Waals surface area contributed by atoms with Gasteiger partial charge in [0.05, 0.1) is 23.9 Å². The van der Waals surface area contributed by atoms with Gasteiger partial charge in [-0.2, -0.15) is 0 Å². The second-order valence-electron chi connectivity index (χ2n) is 8.53. The molecule has 0 saturated carbocycles. The number of ether oxygens (including phenoxy) is 1. The van der Waals surface area contributed by atoms with Gasteiger partial charge in [0.2, 0.25) is 0 Å². The van der Waals surface area contributed by atoms with E-state index in [1.807, 2.05) is 56.7 Å². The molecule has 0 spiro atoms. The van der Waals surface area contributed by atoms with E-state index in [0.29, 0.717) is 15.9 Å². The summed E-state index contributed by atoms with van der Waals surface area (Å²) < 4.78 is 7.57.